The van der Waals surface area contributed by atoms with Crippen LogP contribution in [0.5, 0.6) is 0 Å². The molecule has 96 valence electrons. The van der Waals surface area contributed by atoms with Crippen molar-refractivity contribution < 1.29 is 18.3 Å². The first-order chi connectivity index (χ1) is 8.48. The van der Waals surface area contributed by atoms with E-state index in [0.29, 0.717) is 5.56 Å². The van der Waals surface area contributed by atoms with Gasteiger partial charge in [-0.05, 0) is 12.1 Å². The summed E-state index contributed by atoms with van der Waals surface area (Å²) in [6.45, 7) is -0.701. The van der Waals surface area contributed by atoms with E-state index in [1.807, 2.05) is 0 Å². The van der Waals surface area contributed by atoms with Crippen molar-refractivity contribution in [1.29, 1.82) is 0 Å². The average molecular weight is 258 g/mol. The molecule has 18 heavy (non-hydrogen) atoms. The van der Waals surface area contributed by atoms with Crippen LogP contribution in [0.15, 0.2) is 30.9 Å². The van der Waals surface area contributed by atoms with Gasteiger partial charge in [0.25, 0.3) is 0 Å². The van der Waals surface area contributed by atoms with Crippen LogP contribution in [-0.4, -0.2) is 37.1 Å². The predicted octanol–water partition coefficient (Wildman–Crippen LogP) is 1.26. The molecule has 0 fully saturated rings. The summed E-state index contributed by atoms with van der Waals surface area (Å²) in [5.41, 5.74) is 0.532. The highest BCUT2D eigenvalue weighted by molar-refractivity contribution is 5.52. The van der Waals surface area contributed by atoms with Crippen molar-refractivity contribution >= 4 is 0 Å². The molecule has 0 aromatic carbocycles. The van der Waals surface area contributed by atoms with E-state index in [4.69, 9.17) is 5.11 Å². The summed E-state index contributed by atoms with van der Waals surface area (Å²) in [5, 5.41) is 12.7. The Morgan fingerprint density at radius 1 is 1.39 bits per heavy atom. The Morgan fingerprint density at radius 3 is 2.78 bits per heavy atom. The molecular formula is C10H9F3N4O. The molecule has 0 spiro atoms. The first kappa shape index (κ1) is 12.5. The van der Waals surface area contributed by atoms with Gasteiger partial charge in [-0.1, -0.05) is 0 Å². The van der Waals surface area contributed by atoms with Gasteiger partial charge in [-0.25, -0.2) is 9.67 Å². The van der Waals surface area contributed by atoms with E-state index in [1.54, 1.807) is 12.1 Å². The summed E-state index contributed by atoms with van der Waals surface area (Å²) >= 11 is 0. The van der Waals surface area contributed by atoms with Crippen molar-refractivity contribution in [3.8, 4) is 11.4 Å². The van der Waals surface area contributed by atoms with Gasteiger partial charge in [0.2, 0.25) is 0 Å². The lowest BCUT2D eigenvalue weighted by atomic mass is 10.2. The molecule has 0 aliphatic carbocycles. The summed E-state index contributed by atoms with van der Waals surface area (Å²) in [5.74, 6) is 0.228. The van der Waals surface area contributed by atoms with Gasteiger partial charge in [-0.3, -0.25) is 4.98 Å². The number of nitrogens with zero attached hydrogens (tertiary/aromatic N) is 4. The molecule has 2 heterocycles. The van der Waals surface area contributed by atoms with Crippen LogP contribution in [0.25, 0.3) is 11.4 Å². The fourth-order valence-electron chi connectivity index (χ4n) is 1.38. The van der Waals surface area contributed by atoms with E-state index < -0.39 is 18.8 Å². The number of hydrogen-bond donors (Lipinski definition) is 1. The van der Waals surface area contributed by atoms with Gasteiger partial charge >= 0.3 is 6.18 Å². The lowest BCUT2D eigenvalue weighted by molar-refractivity contribution is -0.207. The summed E-state index contributed by atoms with van der Waals surface area (Å²) in [4.78, 5) is 7.70. The van der Waals surface area contributed by atoms with Crippen molar-refractivity contribution in [1.82, 2.24) is 19.7 Å². The predicted molar refractivity (Wildman–Crippen MR) is 55.3 cm³/mol. The van der Waals surface area contributed by atoms with E-state index in [0.717, 1.165) is 11.0 Å². The second-order valence-corrected chi connectivity index (χ2v) is 3.56. The molecule has 0 radical (unpaired) electrons. The smallest absolute Gasteiger partial charge is 0.382 e. The van der Waals surface area contributed by atoms with Crippen molar-refractivity contribution in [2.75, 3.05) is 0 Å². The molecule has 5 nitrogen and oxygen atoms in total. The van der Waals surface area contributed by atoms with Crippen LogP contribution in [0.4, 0.5) is 13.2 Å². The second kappa shape index (κ2) is 4.73. The molecule has 0 saturated heterocycles. The number of aromatic nitrogens is 4. The molecule has 2 aromatic heterocycles. The summed E-state index contributed by atoms with van der Waals surface area (Å²) in [7, 11) is 0. The minimum atomic E-state index is -4.68. The van der Waals surface area contributed by atoms with Crippen LogP contribution in [0.1, 0.15) is 0 Å². The van der Waals surface area contributed by atoms with Crippen molar-refractivity contribution in [3.63, 3.8) is 0 Å². The topological polar surface area (TPSA) is 63.8 Å². The Morgan fingerprint density at radius 2 is 2.17 bits per heavy atom. The number of aliphatic hydroxyl groups excluding tert-OH is 1. The molecule has 0 aliphatic heterocycles. The number of rotatable bonds is 3. The number of alkyl halides is 3. The normalized spacial score (nSPS) is 13.6. The highest BCUT2D eigenvalue weighted by atomic mass is 19.4. The number of hydrogen-bond acceptors (Lipinski definition) is 4. The Hall–Kier alpha value is -1.96. The first-order valence-electron chi connectivity index (χ1n) is 5.01. The molecule has 0 bridgehead atoms. The van der Waals surface area contributed by atoms with Crippen molar-refractivity contribution in [3.05, 3.63) is 30.9 Å². The third-order valence-corrected chi connectivity index (χ3v) is 2.26. The lowest BCUT2D eigenvalue weighted by Gasteiger charge is -2.15. The highest BCUT2D eigenvalue weighted by Crippen LogP contribution is 2.22. The monoisotopic (exact) mass is 258 g/mol. The number of halogens is 3. The van der Waals surface area contributed by atoms with Gasteiger partial charge in [-0.2, -0.15) is 18.3 Å². The maximum atomic E-state index is 12.3. The number of pyridine rings is 1. The Balaban J connectivity index is 2.24. The van der Waals surface area contributed by atoms with Crippen LogP contribution in [0.3, 0.4) is 0 Å². The largest absolute Gasteiger partial charge is 0.416 e. The fourth-order valence-corrected chi connectivity index (χ4v) is 1.38. The van der Waals surface area contributed by atoms with E-state index in [-0.39, 0.29) is 5.82 Å². The molecule has 2 rings (SSSR count). The zero-order chi connectivity index (χ0) is 13.2. The fraction of sp³-hybridized carbons (Fsp3) is 0.300. The van der Waals surface area contributed by atoms with Gasteiger partial charge in [0, 0.05) is 18.0 Å². The standard InChI is InChI=1S/C10H9F3N4O/c11-10(12,13)8(18)5-17-9(15-6-16-17)7-2-1-3-14-4-7/h1-4,6,8,18H,5H2/t8-/m0/s1. The maximum absolute atomic E-state index is 12.3. The Kier molecular flexibility index (Phi) is 3.28. The van der Waals surface area contributed by atoms with Gasteiger partial charge < -0.3 is 5.11 Å². The number of aliphatic hydroxyl groups is 1. The van der Waals surface area contributed by atoms with Gasteiger partial charge in [0.15, 0.2) is 11.9 Å². The zero-order valence-corrected chi connectivity index (χ0v) is 9.04. The summed E-state index contributed by atoms with van der Waals surface area (Å²) in [6.07, 6.45) is -3.03. The molecule has 2 aromatic rings. The molecule has 0 aliphatic rings. The molecular weight excluding hydrogens is 249 g/mol. The van der Waals surface area contributed by atoms with E-state index >= 15 is 0 Å². The van der Waals surface area contributed by atoms with E-state index in [2.05, 4.69) is 15.1 Å². The lowest BCUT2D eigenvalue weighted by Crippen LogP contribution is -2.33. The van der Waals surface area contributed by atoms with Crippen LogP contribution in [0, 0.1) is 0 Å². The Bertz CT molecular complexity index is 511. The van der Waals surface area contributed by atoms with Gasteiger partial charge in [0.05, 0.1) is 6.54 Å². The highest BCUT2D eigenvalue weighted by Gasteiger charge is 2.38. The second-order valence-electron chi connectivity index (χ2n) is 3.56. The molecule has 0 amide bonds. The van der Waals surface area contributed by atoms with Crippen LogP contribution in [-0.2, 0) is 6.54 Å². The third kappa shape index (κ3) is 2.65. The van der Waals surface area contributed by atoms with Crippen molar-refractivity contribution in [2.45, 2.75) is 18.8 Å². The van der Waals surface area contributed by atoms with Crippen LogP contribution >= 0.6 is 0 Å². The van der Waals surface area contributed by atoms with E-state index in [9.17, 15) is 13.2 Å². The SMILES string of the molecule is O[C@@H](Cn1ncnc1-c1cccnc1)C(F)(F)F. The minimum absolute atomic E-state index is 0.228. The minimum Gasteiger partial charge on any atom is -0.382 e. The van der Waals surface area contributed by atoms with Crippen molar-refractivity contribution in [2.24, 2.45) is 0 Å². The van der Waals surface area contributed by atoms with Gasteiger partial charge in [0.1, 0.15) is 6.33 Å². The molecule has 0 saturated carbocycles. The quantitative estimate of drug-likeness (QED) is 0.900. The molecule has 1 N–H and O–H groups in total. The van der Waals surface area contributed by atoms with E-state index in [1.165, 1.54) is 12.4 Å². The first-order valence-corrected chi connectivity index (χ1v) is 5.01. The summed E-state index contributed by atoms with van der Waals surface area (Å²) < 4.78 is 37.7. The van der Waals surface area contributed by atoms with Crippen LogP contribution < -0.4 is 0 Å². The third-order valence-electron chi connectivity index (χ3n) is 2.26. The average Bonchev–Trinajstić information content (AvgIpc) is 2.77. The maximum Gasteiger partial charge on any atom is 0.416 e. The summed E-state index contributed by atoms with van der Waals surface area (Å²) in [6, 6.07) is 3.28. The Labute approximate surface area is 99.9 Å². The van der Waals surface area contributed by atoms with Gasteiger partial charge in [-0.15, -0.1) is 0 Å². The van der Waals surface area contributed by atoms with Crippen LogP contribution in [0.2, 0.25) is 0 Å². The zero-order valence-electron chi connectivity index (χ0n) is 9.04. The molecule has 0 unspecified atom stereocenters. The molecule has 8 heteroatoms. The molecule has 1 atom stereocenters.